The normalized spacial score (nSPS) is 14.0. The Hall–Kier alpha value is -3.39. The van der Waals surface area contributed by atoms with Crippen molar-refractivity contribution in [2.75, 3.05) is 12.1 Å². The Bertz CT molecular complexity index is 1340. The molecule has 198 valence electrons. The molecule has 1 aliphatic carbocycles. The van der Waals surface area contributed by atoms with Gasteiger partial charge >= 0.3 is 5.97 Å². The highest BCUT2D eigenvalue weighted by atomic mass is 35.5. The highest BCUT2D eigenvalue weighted by Gasteiger charge is 2.25. The van der Waals surface area contributed by atoms with Gasteiger partial charge in [0, 0.05) is 18.8 Å². The summed E-state index contributed by atoms with van der Waals surface area (Å²) in [6.45, 7) is 2.44. The minimum absolute atomic E-state index is 0.00106. The van der Waals surface area contributed by atoms with Crippen molar-refractivity contribution in [3.8, 4) is 0 Å². The molecule has 0 aliphatic heterocycles. The molecule has 1 aliphatic rings. The number of carbonyl (C=O) groups excluding carboxylic acids is 1. The summed E-state index contributed by atoms with van der Waals surface area (Å²) in [6, 6.07) is 21.6. The number of fused-ring (bicyclic) bond motifs is 1. The average Bonchev–Trinajstić information content (AvgIpc) is 3.14. The largest absolute Gasteiger partial charge is 0.612 e. The van der Waals surface area contributed by atoms with E-state index < -0.39 is 17.1 Å². The van der Waals surface area contributed by atoms with Crippen molar-refractivity contribution in [1.29, 1.82) is 0 Å². The zero-order valence-electron chi connectivity index (χ0n) is 21.2. The molecular formula is C30H29ClFNO4S. The van der Waals surface area contributed by atoms with E-state index in [1.165, 1.54) is 12.1 Å². The van der Waals surface area contributed by atoms with Crippen molar-refractivity contribution in [1.82, 2.24) is 5.32 Å². The lowest BCUT2D eigenvalue weighted by molar-refractivity contribution is -0.135. The van der Waals surface area contributed by atoms with Crippen LogP contribution in [0.5, 0.6) is 0 Å². The van der Waals surface area contributed by atoms with E-state index >= 15 is 0 Å². The van der Waals surface area contributed by atoms with Crippen LogP contribution in [0.1, 0.15) is 42.0 Å². The molecule has 38 heavy (non-hydrogen) atoms. The van der Waals surface area contributed by atoms with Crippen molar-refractivity contribution >= 4 is 51.9 Å². The standard InChI is InChI=1S/C20H17FO3S.C10H12ClNO/c1-12-17(9-13-3-6-15(7-4-13)25(2)24)16-8-5-14(21)10-19(16)18(12)11-20(22)23;11-7-6-10(13)12-8-9-4-2-1-3-5-9/h3-10H,11H2,1-2H3,(H,22,23);1-5H,6-8H2,(H,12,13)/b17-9-;. The molecule has 1 unspecified atom stereocenters. The Kier molecular flexibility index (Phi) is 10.7. The molecular weight excluding hydrogens is 525 g/mol. The van der Waals surface area contributed by atoms with Crippen molar-refractivity contribution in [2.24, 2.45) is 0 Å². The number of aliphatic carboxylic acids is 1. The first kappa shape index (κ1) is 29.2. The van der Waals surface area contributed by atoms with Gasteiger partial charge in [-0.05, 0) is 99.5 Å². The number of nitrogens with one attached hydrogen (secondary N) is 1. The van der Waals surface area contributed by atoms with Crippen LogP contribution >= 0.6 is 11.6 Å². The highest BCUT2D eigenvalue weighted by molar-refractivity contribution is 7.90. The fourth-order valence-corrected chi connectivity index (χ4v) is 4.72. The van der Waals surface area contributed by atoms with Gasteiger partial charge in [-0.15, -0.1) is 11.6 Å². The highest BCUT2D eigenvalue weighted by Crippen LogP contribution is 2.43. The fourth-order valence-electron chi connectivity index (χ4n) is 4.03. The molecule has 0 radical (unpaired) electrons. The minimum atomic E-state index is -1.04. The molecule has 5 nitrogen and oxygen atoms in total. The molecule has 1 atom stereocenters. The van der Waals surface area contributed by atoms with Crippen molar-refractivity contribution in [2.45, 2.75) is 31.2 Å². The lowest BCUT2D eigenvalue weighted by Crippen LogP contribution is -2.22. The molecule has 0 fully saturated rings. The van der Waals surface area contributed by atoms with Crippen LogP contribution in [0.25, 0.3) is 17.2 Å². The van der Waals surface area contributed by atoms with Crippen LogP contribution in [-0.4, -0.2) is 33.7 Å². The van der Waals surface area contributed by atoms with Gasteiger partial charge in [0.15, 0.2) is 4.90 Å². The summed E-state index contributed by atoms with van der Waals surface area (Å²) in [4.78, 5) is 23.0. The zero-order valence-corrected chi connectivity index (χ0v) is 22.7. The molecule has 2 N–H and O–H groups in total. The first-order valence-corrected chi connectivity index (χ1v) is 14.0. The Balaban J connectivity index is 0.000000260. The summed E-state index contributed by atoms with van der Waals surface area (Å²) < 4.78 is 25.1. The molecule has 0 aromatic heterocycles. The number of amides is 1. The van der Waals surface area contributed by atoms with E-state index in [0.717, 1.165) is 32.7 Å². The van der Waals surface area contributed by atoms with Crippen LogP contribution in [0.3, 0.4) is 0 Å². The topological polar surface area (TPSA) is 89.5 Å². The third-order valence-electron chi connectivity index (χ3n) is 5.96. The molecule has 0 bridgehead atoms. The van der Waals surface area contributed by atoms with Crippen LogP contribution in [0.4, 0.5) is 4.39 Å². The van der Waals surface area contributed by atoms with E-state index in [-0.39, 0.29) is 18.1 Å². The van der Waals surface area contributed by atoms with Gasteiger partial charge in [-0.25, -0.2) is 4.39 Å². The van der Waals surface area contributed by atoms with Gasteiger partial charge < -0.3 is 15.0 Å². The summed E-state index contributed by atoms with van der Waals surface area (Å²) >= 11 is 4.38. The number of rotatable bonds is 8. The molecule has 0 saturated heterocycles. The first-order valence-electron chi connectivity index (χ1n) is 11.9. The molecule has 3 aromatic carbocycles. The maximum atomic E-state index is 13.7. The van der Waals surface area contributed by atoms with E-state index in [9.17, 15) is 18.5 Å². The second kappa shape index (κ2) is 14.0. The molecule has 0 heterocycles. The van der Waals surface area contributed by atoms with Gasteiger partial charge in [-0.2, -0.15) is 0 Å². The number of halogens is 2. The van der Waals surface area contributed by atoms with E-state index in [0.29, 0.717) is 30.0 Å². The van der Waals surface area contributed by atoms with Crippen molar-refractivity contribution < 1.29 is 23.6 Å². The van der Waals surface area contributed by atoms with Gasteiger partial charge in [-0.3, -0.25) is 9.59 Å². The summed E-state index contributed by atoms with van der Waals surface area (Å²) in [6.07, 6.45) is 3.81. The first-order chi connectivity index (χ1) is 18.2. The maximum Gasteiger partial charge on any atom is 0.307 e. The molecule has 1 amide bonds. The second-order valence-corrected chi connectivity index (χ2v) is 10.4. The lowest BCUT2D eigenvalue weighted by Gasteiger charge is -2.06. The smallest absolute Gasteiger partial charge is 0.307 e. The van der Waals surface area contributed by atoms with Gasteiger partial charge in [0.25, 0.3) is 0 Å². The Morgan fingerprint density at radius 2 is 1.74 bits per heavy atom. The second-order valence-electron chi connectivity index (χ2n) is 8.65. The SMILES string of the molecule is CC1=C(CC(=O)O)c2cc(F)ccc2/C1=C\c1ccc([S+](C)[O-])cc1.O=C(CCCl)NCc1ccccc1. The van der Waals surface area contributed by atoms with Crippen LogP contribution in [-0.2, 0) is 27.3 Å². The van der Waals surface area contributed by atoms with Gasteiger partial charge in [0.1, 0.15) is 12.1 Å². The maximum absolute atomic E-state index is 13.7. The molecule has 3 aromatic rings. The third-order valence-corrected chi connectivity index (χ3v) is 7.08. The van der Waals surface area contributed by atoms with Gasteiger partial charge in [0.05, 0.1) is 6.42 Å². The summed E-state index contributed by atoms with van der Waals surface area (Å²) in [5.41, 5.74) is 5.85. The van der Waals surface area contributed by atoms with Crippen molar-refractivity contribution in [3.05, 3.63) is 106 Å². The molecule has 0 saturated carbocycles. The van der Waals surface area contributed by atoms with Crippen LogP contribution < -0.4 is 5.32 Å². The van der Waals surface area contributed by atoms with E-state index in [4.69, 9.17) is 16.7 Å². The quantitative estimate of drug-likeness (QED) is 0.253. The number of alkyl halides is 1. The van der Waals surface area contributed by atoms with Crippen LogP contribution in [0, 0.1) is 5.82 Å². The monoisotopic (exact) mass is 553 g/mol. The number of hydrogen-bond donors (Lipinski definition) is 2. The van der Waals surface area contributed by atoms with Crippen LogP contribution in [0.15, 0.2) is 83.3 Å². The molecule has 4 rings (SSSR count). The predicted molar refractivity (Wildman–Crippen MR) is 152 cm³/mol. The van der Waals surface area contributed by atoms with E-state index in [2.05, 4.69) is 5.32 Å². The summed E-state index contributed by atoms with van der Waals surface area (Å²) in [5.74, 6) is -0.953. The zero-order chi connectivity index (χ0) is 27.7. The Labute approximate surface area is 230 Å². The lowest BCUT2D eigenvalue weighted by atomic mass is 10.0. The summed E-state index contributed by atoms with van der Waals surface area (Å²) in [5, 5.41) is 11.9. The minimum Gasteiger partial charge on any atom is -0.612 e. The number of allylic oxidation sites excluding steroid dienone is 2. The number of hydrogen-bond acceptors (Lipinski definition) is 3. The predicted octanol–water partition coefficient (Wildman–Crippen LogP) is 6.30. The van der Waals surface area contributed by atoms with Gasteiger partial charge in [0.2, 0.25) is 5.91 Å². The van der Waals surface area contributed by atoms with Crippen molar-refractivity contribution in [3.63, 3.8) is 0 Å². The molecule has 0 spiro atoms. The number of carboxylic acids is 1. The Morgan fingerprint density at radius 3 is 2.34 bits per heavy atom. The third kappa shape index (κ3) is 8.05. The van der Waals surface area contributed by atoms with Crippen LogP contribution in [0.2, 0.25) is 0 Å². The average molecular weight is 554 g/mol. The number of carboxylic acid groups (broad SMARTS) is 1. The summed E-state index contributed by atoms with van der Waals surface area (Å²) in [7, 11) is 0. The van der Waals surface area contributed by atoms with Gasteiger partial charge in [-0.1, -0.05) is 36.4 Å². The molecule has 8 heteroatoms. The number of benzene rings is 3. The number of carbonyl (C=O) groups is 2. The Morgan fingerprint density at radius 1 is 1.05 bits per heavy atom. The fraction of sp³-hybridized carbons (Fsp3) is 0.200. The van der Waals surface area contributed by atoms with E-state index in [1.54, 1.807) is 24.5 Å². The van der Waals surface area contributed by atoms with E-state index in [1.807, 2.05) is 55.5 Å².